The van der Waals surface area contributed by atoms with Crippen molar-refractivity contribution < 1.29 is 53.8 Å². The molecule has 0 aromatic rings. The molecule has 0 aromatic carbocycles. The predicted octanol–water partition coefficient (Wildman–Crippen LogP) is 7.86. The summed E-state index contributed by atoms with van der Waals surface area (Å²) in [6, 6.07) is 0. The van der Waals surface area contributed by atoms with E-state index in [4.69, 9.17) is 18.9 Å². The van der Waals surface area contributed by atoms with Gasteiger partial charge in [-0.05, 0) is 57.8 Å². The van der Waals surface area contributed by atoms with Crippen molar-refractivity contribution in [2.45, 2.75) is 205 Å². The molecule has 1 aliphatic heterocycles. The minimum Gasteiger partial charge on any atom is -0.479 e. The zero-order valence-electron chi connectivity index (χ0n) is 32.3. The summed E-state index contributed by atoms with van der Waals surface area (Å²) >= 11 is 0. The number of carbonyl (C=O) groups excluding carboxylic acids is 2. The Morgan fingerprint density at radius 1 is 0.577 bits per heavy atom. The molecule has 0 aliphatic carbocycles. The largest absolute Gasteiger partial charge is 0.479 e. The Balaban J connectivity index is 2.40. The summed E-state index contributed by atoms with van der Waals surface area (Å²) in [5, 5.41) is 39.6. The van der Waals surface area contributed by atoms with Gasteiger partial charge in [-0.25, -0.2) is 4.79 Å². The molecule has 11 heteroatoms. The maximum absolute atomic E-state index is 12.7. The van der Waals surface area contributed by atoms with E-state index in [0.717, 1.165) is 83.5 Å². The Bertz CT molecular complexity index is 968. The van der Waals surface area contributed by atoms with Crippen LogP contribution in [-0.2, 0) is 33.3 Å². The lowest BCUT2D eigenvalue weighted by molar-refractivity contribution is -0.298. The van der Waals surface area contributed by atoms with E-state index in [-0.39, 0.29) is 19.4 Å². The van der Waals surface area contributed by atoms with Crippen LogP contribution >= 0.6 is 0 Å². The van der Waals surface area contributed by atoms with E-state index in [9.17, 15) is 34.8 Å². The van der Waals surface area contributed by atoms with E-state index in [1.54, 1.807) is 0 Å². The van der Waals surface area contributed by atoms with E-state index < -0.39 is 61.3 Å². The first-order chi connectivity index (χ1) is 25.2. The van der Waals surface area contributed by atoms with Gasteiger partial charge in [0.1, 0.15) is 24.9 Å². The summed E-state index contributed by atoms with van der Waals surface area (Å²) < 4.78 is 21.6. The zero-order valence-corrected chi connectivity index (χ0v) is 32.3. The number of unbranched alkanes of at least 4 members (excludes halogenated alkanes) is 18. The van der Waals surface area contributed by atoms with Crippen molar-refractivity contribution in [2.24, 2.45) is 0 Å². The molecule has 0 saturated carbocycles. The second-order valence-corrected chi connectivity index (χ2v) is 14.1. The van der Waals surface area contributed by atoms with Crippen LogP contribution < -0.4 is 0 Å². The van der Waals surface area contributed by atoms with E-state index in [0.29, 0.717) is 12.8 Å². The molecule has 1 saturated heterocycles. The number of aliphatic hydroxyl groups excluding tert-OH is 3. The Morgan fingerprint density at radius 2 is 1.06 bits per heavy atom. The number of allylic oxidation sites excluding steroid dienone is 4. The Hall–Kier alpha value is -2.31. The molecular weight excluding hydrogens is 668 g/mol. The number of carboxylic acids is 1. The van der Waals surface area contributed by atoms with Gasteiger partial charge in [-0.1, -0.05) is 122 Å². The van der Waals surface area contributed by atoms with Crippen LogP contribution in [-0.4, -0.2) is 88.4 Å². The summed E-state index contributed by atoms with van der Waals surface area (Å²) in [5.74, 6) is -2.47. The van der Waals surface area contributed by atoms with Crippen molar-refractivity contribution in [2.75, 3.05) is 13.2 Å². The number of aliphatic hydroxyl groups is 3. The molecule has 0 spiro atoms. The fourth-order valence-electron chi connectivity index (χ4n) is 5.99. The van der Waals surface area contributed by atoms with Crippen LogP contribution in [0.4, 0.5) is 0 Å². The van der Waals surface area contributed by atoms with E-state index in [1.165, 1.54) is 44.9 Å². The maximum Gasteiger partial charge on any atom is 0.335 e. The monoisotopic (exact) mass is 741 g/mol. The Kier molecular flexibility index (Phi) is 29.5. The Labute approximate surface area is 313 Å². The van der Waals surface area contributed by atoms with Crippen LogP contribution in [0.2, 0.25) is 0 Å². The summed E-state index contributed by atoms with van der Waals surface area (Å²) in [6.45, 7) is 3.71. The number of rotatable bonds is 33. The smallest absolute Gasteiger partial charge is 0.335 e. The van der Waals surface area contributed by atoms with Gasteiger partial charge in [0.25, 0.3) is 0 Å². The highest BCUT2D eigenvalue weighted by molar-refractivity contribution is 5.73. The minimum atomic E-state index is -1.86. The number of esters is 2. The molecule has 0 aromatic heterocycles. The quantitative estimate of drug-likeness (QED) is 0.0294. The fourth-order valence-corrected chi connectivity index (χ4v) is 5.99. The topological polar surface area (TPSA) is 169 Å². The molecule has 6 atom stereocenters. The molecule has 0 radical (unpaired) electrons. The molecule has 1 heterocycles. The van der Waals surface area contributed by atoms with Gasteiger partial charge in [-0.15, -0.1) is 0 Å². The molecule has 52 heavy (non-hydrogen) atoms. The van der Waals surface area contributed by atoms with Gasteiger partial charge in [-0.3, -0.25) is 9.59 Å². The second kappa shape index (κ2) is 32.1. The van der Waals surface area contributed by atoms with Crippen LogP contribution in [0.15, 0.2) is 24.3 Å². The van der Waals surface area contributed by atoms with Crippen molar-refractivity contribution in [1.82, 2.24) is 0 Å². The molecule has 302 valence electrons. The van der Waals surface area contributed by atoms with Gasteiger partial charge >= 0.3 is 17.9 Å². The molecule has 1 rings (SSSR count). The molecule has 6 unspecified atom stereocenters. The normalized spacial score (nSPS) is 21.1. The zero-order chi connectivity index (χ0) is 38.2. The molecular formula is C41H72O11. The average molecular weight is 741 g/mol. The first kappa shape index (κ1) is 47.7. The summed E-state index contributed by atoms with van der Waals surface area (Å²) in [7, 11) is 0. The van der Waals surface area contributed by atoms with Crippen LogP contribution in [0, 0.1) is 0 Å². The number of carboxylic acid groups (broad SMARTS) is 1. The van der Waals surface area contributed by atoms with Gasteiger partial charge in [0.15, 0.2) is 18.5 Å². The number of aliphatic carboxylic acids is 1. The highest BCUT2D eigenvalue weighted by Gasteiger charge is 2.47. The first-order valence-electron chi connectivity index (χ1n) is 20.4. The second-order valence-electron chi connectivity index (χ2n) is 14.1. The highest BCUT2D eigenvalue weighted by atomic mass is 16.7. The lowest BCUT2D eigenvalue weighted by atomic mass is 9.99. The van der Waals surface area contributed by atoms with E-state index in [1.807, 2.05) is 0 Å². The van der Waals surface area contributed by atoms with E-state index in [2.05, 4.69) is 38.2 Å². The minimum absolute atomic E-state index is 0.171. The van der Waals surface area contributed by atoms with Crippen molar-refractivity contribution in [1.29, 1.82) is 0 Å². The lowest BCUT2D eigenvalue weighted by Crippen LogP contribution is -2.60. The highest BCUT2D eigenvalue weighted by Crippen LogP contribution is 2.23. The van der Waals surface area contributed by atoms with Gasteiger partial charge in [-0.2, -0.15) is 0 Å². The Morgan fingerprint density at radius 3 is 1.58 bits per heavy atom. The predicted molar refractivity (Wildman–Crippen MR) is 202 cm³/mol. The van der Waals surface area contributed by atoms with Gasteiger partial charge in [0.05, 0.1) is 6.61 Å². The van der Waals surface area contributed by atoms with Gasteiger partial charge < -0.3 is 39.4 Å². The third-order valence-corrected chi connectivity index (χ3v) is 9.25. The van der Waals surface area contributed by atoms with Gasteiger partial charge in [0.2, 0.25) is 0 Å². The molecule has 4 N–H and O–H groups in total. The molecule has 0 bridgehead atoms. The number of hydrogen-bond acceptors (Lipinski definition) is 10. The van der Waals surface area contributed by atoms with Crippen LogP contribution in [0.3, 0.4) is 0 Å². The molecule has 0 amide bonds. The summed E-state index contributed by atoms with van der Waals surface area (Å²) in [4.78, 5) is 36.6. The van der Waals surface area contributed by atoms with Crippen molar-refractivity contribution in [3.63, 3.8) is 0 Å². The van der Waals surface area contributed by atoms with Crippen LogP contribution in [0.1, 0.15) is 168 Å². The standard InChI is InChI=1S/C41H72O11/c1-3-5-7-9-11-13-15-16-17-18-19-20-22-23-25-27-29-34(42)49-31-33(32-50-41-38(46)36(44)37(45)39(52-41)40(47)48)51-35(43)30-28-26-24-21-14-12-10-8-6-4-2/h8,10,17-18,33,36-39,41,44-46H,3-7,9,11-16,19-32H2,1-2H3,(H,47,48)/b10-8-,18-17-. The lowest BCUT2D eigenvalue weighted by Gasteiger charge is -2.38. The number of ether oxygens (including phenoxy) is 4. The van der Waals surface area contributed by atoms with Crippen LogP contribution in [0.25, 0.3) is 0 Å². The summed E-state index contributed by atoms with van der Waals surface area (Å²) in [5.41, 5.74) is 0. The third-order valence-electron chi connectivity index (χ3n) is 9.25. The van der Waals surface area contributed by atoms with Gasteiger partial charge in [0, 0.05) is 12.8 Å². The number of hydrogen-bond donors (Lipinski definition) is 4. The van der Waals surface area contributed by atoms with Crippen molar-refractivity contribution >= 4 is 17.9 Å². The van der Waals surface area contributed by atoms with E-state index >= 15 is 0 Å². The SMILES string of the molecule is CCC/C=C\CCCCCCCC(=O)OC(COC(=O)CCCCCCC/C=C\CCCCCCCCC)COC1OC(C(=O)O)C(O)C(O)C1O. The average Bonchev–Trinajstić information content (AvgIpc) is 3.12. The van der Waals surface area contributed by atoms with Crippen molar-refractivity contribution in [3.8, 4) is 0 Å². The fraction of sp³-hybridized carbons (Fsp3) is 0.829. The van der Waals surface area contributed by atoms with Crippen LogP contribution in [0.5, 0.6) is 0 Å². The number of carbonyl (C=O) groups is 3. The molecule has 11 nitrogen and oxygen atoms in total. The van der Waals surface area contributed by atoms with Crippen molar-refractivity contribution in [3.05, 3.63) is 24.3 Å². The molecule has 1 fully saturated rings. The summed E-state index contributed by atoms with van der Waals surface area (Å²) in [6.07, 6.45) is 23.9. The third kappa shape index (κ3) is 24.1. The maximum atomic E-state index is 12.7. The first-order valence-corrected chi connectivity index (χ1v) is 20.4. The molecule has 1 aliphatic rings.